The van der Waals surface area contributed by atoms with Crippen molar-refractivity contribution in [1.82, 2.24) is 0 Å². The Kier molecular flexibility index (Phi) is 4.34. The van der Waals surface area contributed by atoms with Crippen molar-refractivity contribution in [3.8, 4) is 11.1 Å². The lowest BCUT2D eigenvalue weighted by molar-refractivity contribution is -0.104. The summed E-state index contributed by atoms with van der Waals surface area (Å²) in [5.41, 5.74) is 4.26. The van der Waals surface area contributed by atoms with Crippen LogP contribution in [0.5, 0.6) is 0 Å². The van der Waals surface area contributed by atoms with E-state index in [1.165, 1.54) is 12.1 Å². The Hall–Kier alpha value is -2.68. The Balaban J connectivity index is 2.35. The second-order valence-electron chi connectivity index (χ2n) is 6.18. The molecule has 0 spiro atoms. The van der Waals surface area contributed by atoms with Crippen LogP contribution in [0.15, 0.2) is 46.9 Å². The molecule has 2 nitrogen and oxygen atoms in total. The number of hydrogen-bond acceptors (Lipinski definition) is 2. The number of carbonyl (C=O) groups excluding carboxylic acids is 1. The molecule has 0 radical (unpaired) electrons. The summed E-state index contributed by atoms with van der Waals surface area (Å²) in [4.78, 5) is 10.7. The molecule has 0 saturated heterocycles. The quantitative estimate of drug-likeness (QED) is 0.443. The van der Waals surface area contributed by atoms with Gasteiger partial charge in [-0.3, -0.25) is 4.79 Å². The predicted molar refractivity (Wildman–Crippen MR) is 95.5 cm³/mol. The molecule has 0 amide bonds. The third kappa shape index (κ3) is 2.78. The second kappa shape index (κ2) is 6.44. The topological polar surface area (TPSA) is 30.2 Å². The van der Waals surface area contributed by atoms with Gasteiger partial charge in [0.15, 0.2) is 0 Å². The van der Waals surface area contributed by atoms with Crippen molar-refractivity contribution < 1.29 is 13.6 Å². The molecule has 3 heteroatoms. The van der Waals surface area contributed by atoms with Gasteiger partial charge in [-0.25, -0.2) is 4.39 Å². The van der Waals surface area contributed by atoms with Gasteiger partial charge in [0.2, 0.25) is 0 Å². The number of rotatable bonds is 4. The van der Waals surface area contributed by atoms with Crippen LogP contribution < -0.4 is 0 Å². The minimum absolute atomic E-state index is 0.237. The van der Waals surface area contributed by atoms with Gasteiger partial charge >= 0.3 is 0 Å². The van der Waals surface area contributed by atoms with E-state index in [1.807, 2.05) is 18.2 Å². The number of hydrogen-bond donors (Lipinski definition) is 0. The molecule has 3 aromatic rings. The fourth-order valence-corrected chi connectivity index (χ4v) is 2.96. The number of furan rings is 1. The van der Waals surface area contributed by atoms with Crippen molar-refractivity contribution in [2.75, 3.05) is 0 Å². The van der Waals surface area contributed by atoms with Crippen LogP contribution in [0, 0.1) is 12.7 Å². The van der Waals surface area contributed by atoms with Crippen LogP contribution in [0.4, 0.5) is 4.39 Å². The summed E-state index contributed by atoms with van der Waals surface area (Å²) in [6.45, 7) is 5.96. The molecule has 1 aromatic heterocycles. The van der Waals surface area contributed by atoms with Gasteiger partial charge in [-0.2, -0.15) is 0 Å². The van der Waals surface area contributed by atoms with E-state index >= 15 is 0 Å². The van der Waals surface area contributed by atoms with Gasteiger partial charge in [0.1, 0.15) is 23.4 Å². The first-order valence-electron chi connectivity index (χ1n) is 7.96. The first-order valence-corrected chi connectivity index (χ1v) is 7.96. The third-order valence-electron chi connectivity index (χ3n) is 4.17. The molecule has 3 rings (SSSR count). The molecule has 0 aliphatic heterocycles. The smallest absolute Gasteiger partial charge is 0.142 e. The molecule has 0 bridgehead atoms. The molecule has 24 heavy (non-hydrogen) atoms. The Morgan fingerprint density at radius 3 is 2.62 bits per heavy atom. The van der Waals surface area contributed by atoms with E-state index in [0.29, 0.717) is 17.2 Å². The lowest BCUT2D eigenvalue weighted by Gasteiger charge is -2.06. The zero-order chi connectivity index (χ0) is 17.3. The molecule has 0 saturated carbocycles. The first-order chi connectivity index (χ1) is 11.5. The maximum atomic E-state index is 13.6. The molecule has 0 unspecified atom stereocenters. The Bertz CT molecular complexity index is 932. The van der Waals surface area contributed by atoms with Gasteiger partial charge in [0.25, 0.3) is 0 Å². The SMILES string of the molecule is Cc1cc(-c2c(C=CC=O)oc3c(C(C)C)cccc23)ccc1F. The van der Waals surface area contributed by atoms with Crippen LogP contribution in [0.3, 0.4) is 0 Å². The number of para-hydroxylation sites is 1. The van der Waals surface area contributed by atoms with Gasteiger partial charge in [-0.1, -0.05) is 38.1 Å². The first kappa shape index (κ1) is 16.2. The minimum Gasteiger partial charge on any atom is -0.456 e. The highest BCUT2D eigenvalue weighted by molar-refractivity contribution is 6.00. The molecular weight excluding hydrogens is 303 g/mol. The highest BCUT2D eigenvalue weighted by Gasteiger charge is 2.18. The van der Waals surface area contributed by atoms with Crippen LogP contribution in [-0.4, -0.2) is 6.29 Å². The third-order valence-corrected chi connectivity index (χ3v) is 4.17. The van der Waals surface area contributed by atoms with E-state index in [4.69, 9.17) is 4.42 Å². The van der Waals surface area contributed by atoms with Crippen molar-refractivity contribution in [3.63, 3.8) is 0 Å². The fourth-order valence-electron chi connectivity index (χ4n) is 2.96. The summed E-state index contributed by atoms with van der Waals surface area (Å²) < 4.78 is 19.7. The number of aryl methyl sites for hydroxylation is 1. The van der Waals surface area contributed by atoms with Crippen LogP contribution in [0.25, 0.3) is 28.2 Å². The maximum absolute atomic E-state index is 13.6. The number of halogens is 1. The molecule has 0 atom stereocenters. The molecule has 0 aliphatic rings. The normalized spacial score (nSPS) is 11.7. The van der Waals surface area contributed by atoms with E-state index in [0.717, 1.165) is 33.9 Å². The summed E-state index contributed by atoms with van der Waals surface area (Å²) in [6.07, 6.45) is 3.79. The summed E-state index contributed by atoms with van der Waals surface area (Å²) in [5.74, 6) is 0.682. The van der Waals surface area contributed by atoms with Crippen molar-refractivity contribution in [1.29, 1.82) is 0 Å². The number of carbonyl (C=O) groups is 1. The van der Waals surface area contributed by atoms with Gasteiger partial charge in [0.05, 0.1) is 0 Å². The molecule has 122 valence electrons. The highest BCUT2D eigenvalue weighted by atomic mass is 19.1. The van der Waals surface area contributed by atoms with E-state index < -0.39 is 0 Å². The van der Waals surface area contributed by atoms with E-state index in [-0.39, 0.29) is 5.82 Å². The molecule has 0 fully saturated rings. The fraction of sp³-hybridized carbons (Fsp3) is 0.190. The Labute approximate surface area is 140 Å². The lowest BCUT2D eigenvalue weighted by atomic mass is 9.96. The van der Waals surface area contributed by atoms with Crippen LogP contribution in [0.1, 0.15) is 36.7 Å². The van der Waals surface area contributed by atoms with Crippen molar-refractivity contribution >= 4 is 23.3 Å². The van der Waals surface area contributed by atoms with Crippen molar-refractivity contribution in [2.45, 2.75) is 26.7 Å². The van der Waals surface area contributed by atoms with Gasteiger partial charge in [0, 0.05) is 10.9 Å². The predicted octanol–water partition coefficient (Wildman–Crippen LogP) is 5.88. The van der Waals surface area contributed by atoms with E-state index in [9.17, 15) is 9.18 Å². The number of aldehydes is 1. The zero-order valence-corrected chi connectivity index (χ0v) is 14.0. The van der Waals surface area contributed by atoms with Crippen LogP contribution in [0.2, 0.25) is 0 Å². The van der Waals surface area contributed by atoms with Crippen molar-refractivity contribution in [3.05, 3.63) is 65.2 Å². The molecule has 2 aromatic carbocycles. The van der Waals surface area contributed by atoms with Crippen LogP contribution >= 0.6 is 0 Å². The monoisotopic (exact) mass is 322 g/mol. The summed E-state index contributed by atoms with van der Waals surface area (Å²) in [5, 5.41) is 0.970. The lowest BCUT2D eigenvalue weighted by Crippen LogP contribution is -1.87. The summed E-state index contributed by atoms with van der Waals surface area (Å²) in [6, 6.07) is 11.1. The van der Waals surface area contributed by atoms with Crippen molar-refractivity contribution in [2.24, 2.45) is 0 Å². The van der Waals surface area contributed by atoms with Gasteiger partial charge in [-0.15, -0.1) is 0 Å². The summed E-state index contributed by atoms with van der Waals surface area (Å²) >= 11 is 0. The molecular formula is C21H19FO2. The largest absolute Gasteiger partial charge is 0.456 e. The number of fused-ring (bicyclic) bond motifs is 1. The highest BCUT2D eigenvalue weighted by Crippen LogP contribution is 2.39. The Morgan fingerprint density at radius 2 is 1.96 bits per heavy atom. The minimum atomic E-state index is -0.237. The van der Waals surface area contributed by atoms with Gasteiger partial charge < -0.3 is 4.42 Å². The summed E-state index contributed by atoms with van der Waals surface area (Å²) in [7, 11) is 0. The standard InChI is InChI=1S/C21H19FO2/c1-13(2)16-6-4-7-17-20(15-9-10-18(22)14(3)12-15)19(8-5-11-23)24-21(16)17/h4-13H,1-3H3. The second-order valence-corrected chi connectivity index (χ2v) is 6.18. The zero-order valence-electron chi connectivity index (χ0n) is 14.0. The Morgan fingerprint density at radius 1 is 1.17 bits per heavy atom. The molecule has 0 aliphatic carbocycles. The van der Waals surface area contributed by atoms with Gasteiger partial charge in [-0.05, 0) is 53.8 Å². The van der Waals surface area contributed by atoms with E-state index in [2.05, 4.69) is 13.8 Å². The average molecular weight is 322 g/mol. The molecule has 1 heterocycles. The van der Waals surface area contributed by atoms with Crippen LogP contribution in [-0.2, 0) is 4.79 Å². The maximum Gasteiger partial charge on any atom is 0.142 e. The number of allylic oxidation sites excluding steroid dienone is 1. The average Bonchev–Trinajstić information content (AvgIpc) is 2.93. The number of benzene rings is 2. The molecule has 0 N–H and O–H groups in total. The van der Waals surface area contributed by atoms with E-state index in [1.54, 1.807) is 25.1 Å².